The number of aromatic nitrogens is 4. The minimum Gasteiger partial charge on any atom is -0.396 e. The number of fused-ring (bicyclic) bond motifs is 1. The molecule has 0 fully saturated rings. The molecule has 0 spiro atoms. The van der Waals surface area contributed by atoms with E-state index in [0.29, 0.717) is 18.2 Å². The highest BCUT2D eigenvalue weighted by atomic mass is 79.9. The number of nitrogens with one attached hydrogen (secondary N) is 1. The number of aromatic amines is 1. The molecule has 29 heavy (non-hydrogen) atoms. The zero-order valence-electron chi connectivity index (χ0n) is 15.9. The van der Waals surface area contributed by atoms with Gasteiger partial charge in [-0.05, 0) is 95.1 Å². The molecule has 0 aromatic carbocycles. The lowest BCUT2D eigenvalue weighted by molar-refractivity contribution is 0.128. The van der Waals surface area contributed by atoms with Crippen LogP contribution in [0.15, 0.2) is 41.8 Å². The summed E-state index contributed by atoms with van der Waals surface area (Å²) in [4.78, 5) is 21.8. The standard InChI is InChI=1S/C6H3Br2N3.C6H6Br2N2.C5H11NO2/c7-3-1-5(8)10-4-2-9-11-6(3)4;1-3-6(9)4(7)2-5(8)10-3;1-5(2)3-4-8-6-7/h1-2H,(H,9,11);2H,9H2,1H3;5H,3-4H2,1-2H3. The average Bonchev–Trinajstić information content (AvgIpc) is 3.09. The van der Waals surface area contributed by atoms with Gasteiger partial charge in [0, 0.05) is 8.95 Å². The number of hydrogen-bond donors (Lipinski definition) is 2. The second kappa shape index (κ2) is 13.2. The first-order chi connectivity index (χ1) is 13.6. The van der Waals surface area contributed by atoms with Crippen molar-refractivity contribution >= 4 is 80.4 Å². The van der Waals surface area contributed by atoms with Crippen LogP contribution in [0.25, 0.3) is 11.0 Å². The average molecular weight is 660 g/mol. The summed E-state index contributed by atoms with van der Waals surface area (Å²) in [7, 11) is 0. The van der Waals surface area contributed by atoms with Gasteiger partial charge < -0.3 is 10.6 Å². The maximum Gasteiger partial charge on any atom is 0.155 e. The van der Waals surface area contributed by atoms with Gasteiger partial charge in [-0.3, -0.25) is 5.10 Å². The molecule has 3 aromatic rings. The Kier molecular flexibility index (Phi) is 11.8. The maximum atomic E-state index is 9.31. The van der Waals surface area contributed by atoms with Crippen molar-refractivity contribution in [3.63, 3.8) is 0 Å². The molecule has 0 aliphatic rings. The van der Waals surface area contributed by atoms with Gasteiger partial charge in [0.25, 0.3) is 0 Å². The number of nitrogens with two attached hydrogens (primary N) is 1. The highest BCUT2D eigenvalue weighted by Gasteiger charge is 2.02. The first kappa shape index (κ1) is 25.9. The van der Waals surface area contributed by atoms with E-state index in [1.807, 2.05) is 19.1 Å². The Hall–Kier alpha value is -1.11. The van der Waals surface area contributed by atoms with Crippen LogP contribution in [0.3, 0.4) is 0 Å². The Morgan fingerprint density at radius 2 is 1.76 bits per heavy atom. The van der Waals surface area contributed by atoms with Crippen molar-refractivity contribution in [2.75, 3.05) is 12.3 Å². The Labute approximate surface area is 202 Å². The van der Waals surface area contributed by atoms with Crippen LogP contribution in [-0.2, 0) is 4.84 Å². The lowest BCUT2D eigenvalue weighted by Crippen LogP contribution is -1.93. The van der Waals surface area contributed by atoms with Gasteiger partial charge in [0.05, 0.1) is 23.1 Å². The van der Waals surface area contributed by atoms with Gasteiger partial charge in [-0.2, -0.15) is 5.10 Å². The highest BCUT2D eigenvalue weighted by molar-refractivity contribution is 9.11. The van der Waals surface area contributed by atoms with E-state index in [1.54, 1.807) is 6.20 Å². The van der Waals surface area contributed by atoms with Crippen LogP contribution in [-0.4, -0.2) is 26.8 Å². The lowest BCUT2D eigenvalue weighted by Gasteiger charge is -2.01. The summed E-state index contributed by atoms with van der Waals surface area (Å²) in [5.74, 6) is 0.580. The van der Waals surface area contributed by atoms with Gasteiger partial charge in [-0.1, -0.05) is 13.8 Å². The number of aryl methyl sites for hydroxylation is 1. The van der Waals surface area contributed by atoms with Gasteiger partial charge in [0.15, 0.2) is 5.34 Å². The third kappa shape index (κ3) is 9.49. The predicted molar refractivity (Wildman–Crippen MR) is 129 cm³/mol. The monoisotopic (exact) mass is 656 g/mol. The summed E-state index contributed by atoms with van der Waals surface area (Å²) in [5, 5.41) is 8.96. The normalized spacial score (nSPS) is 10.1. The SMILES string of the molecule is Brc1cc(Br)c2[nH]ncc2n1.CC(C)CCON=O.Cc1nc(Br)cc(Br)c1N. The summed E-state index contributed by atoms with van der Waals surface area (Å²) < 4.78 is 3.45. The van der Waals surface area contributed by atoms with Crippen LogP contribution < -0.4 is 5.73 Å². The molecule has 0 amide bonds. The molecule has 12 heteroatoms. The molecule has 0 unspecified atom stereocenters. The fourth-order valence-corrected chi connectivity index (χ4v) is 4.34. The van der Waals surface area contributed by atoms with Crippen LogP contribution >= 0.6 is 63.7 Å². The van der Waals surface area contributed by atoms with E-state index in [9.17, 15) is 4.91 Å². The fourth-order valence-electron chi connectivity index (χ4n) is 1.80. The zero-order valence-corrected chi connectivity index (χ0v) is 22.3. The summed E-state index contributed by atoms with van der Waals surface area (Å²) in [6, 6.07) is 3.70. The van der Waals surface area contributed by atoms with Crippen LogP contribution in [0, 0.1) is 17.7 Å². The van der Waals surface area contributed by atoms with Gasteiger partial charge >= 0.3 is 0 Å². The predicted octanol–water partition coefficient (Wildman–Crippen LogP) is 6.71. The van der Waals surface area contributed by atoms with Crippen LogP contribution in [0.4, 0.5) is 5.69 Å². The summed E-state index contributed by atoms with van der Waals surface area (Å²) in [6.45, 7) is 6.44. The number of rotatable bonds is 4. The molecule has 3 aromatic heterocycles. The number of pyridine rings is 2. The number of anilines is 1. The quantitative estimate of drug-likeness (QED) is 0.139. The second-order valence-corrected chi connectivity index (χ2v) is 9.41. The van der Waals surface area contributed by atoms with Crippen molar-refractivity contribution in [3.05, 3.63) is 47.1 Å². The van der Waals surface area contributed by atoms with Crippen LogP contribution in [0.2, 0.25) is 0 Å². The van der Waals surface area contributed by atoms with E-state index in [0.717, 1.165) is 41.3 Å². The third-order valence-corrected chi connectivity index (χ3v) is 5.43. The van der Waals surface area contributed by atoms with Crippen LogP contribution in [0.1, 0.15) is 26.0 Å². The lowest BCUT2D eigenvalue weighted by atomic mass is 10.1. The maximum absolute atomic E-state index is 9.31. The summed E-state index contributed by atoms with van der Waals surface area (Å²) >= 11 is 13.2. The smallest absolute Gasteiger partial charge is 0.155 e. The van der Waals surface area contributed by atoms with Gasteiger partial charge in [-0.15, -0.1) is 4.91 Å². The molecule has 0 aliphatic carbocycles. The molecule has 0 saturated heterocycles. The van der Waals surface area contributed by atoms with Gasteiger partial charge in [0.2, 0.25) is 0 Å². The number of H-pyrrole nitrogens is 1. The topological polar surface area (TPSA) is 119 Å². The van der Waals surface area contributed by atoms with Gasteiger partial charge in [-0.25, -0.2) is 9.97 Å². The van der Waals surface area contributed by atoms with E-state index >= 15 is 0 Å². The number of hydrogen-bond acceptors (Lipinski definition) is 7. The minimum absolute atomic E-state index is 0.446. The fraction of sp³-hybridized carbons (Fsp3) is 0.353. The molecular weight excluding hydrogens is 640 g/mol. The number of nitrogens with zero attached hydrogens (tertiary/aromatic N) is 4. The summed E-state index contributed by atoms with van der Waals surface area (Å²) in [6.07, 6.45) is 2.58. The molecule has 3 rings (SSSR count). The highest BCUT2D eigenvalue weighted by Crippen LogP contribution is 2.24. The molecule has 3 heterocycles. The van der Waals surface area contributed by atoms with Crippen molar-refractivity contribution in [1.29, 1.82) is 0 Å². The Morgan fingerprint density at radius 3 is 2.34 bits per heavy atom. The number of halogens is 4. The molecule has 0 radical (unpaired) electrons. The Bertz CT molecular complexity index is 912. The molecular formula is C17H20Br4N6O2. The molecule has 0 saturated carbocycles. The van der Waals surface area contributed by atoms with Crippen molar-refractivity contribution in [2.45, 2.75) is 27.2 Å². The largest absolute Gasteiger partial charge is 0.396 e. The first-order valence-electron chi connectivity index (χ1n) is 8.33. The second-order valence-electron chi connectivity index (χ2n) is 6.07. The van der Waals surface area contributed by atoms with E-state index in [1.165, 1.54) is 0 Å². The number of nitrogen functional groups attached to an aromatic ring is 1. The van der Waals surface area contributed by atoms with Crippen LogP contribution in [0.5, 0.6) is 0 Å². The molecule has 0 atom stereocenters. The van der Waals surface area contributed by atoms with E-state index < -0.39 is 0 Å². The summed E-state index contributed by atoms with van der Waals surface area (Å²) in [5.41, 5.74) is 8.93. The molecule has 8 nitrogen and oxygen atoms in total. The van der Waals surface area contributed by atoms with Crippen molar-refractivity contribution in [2.24, 2.45) is 11.3 Å². The zero-order chi connectivity index (χ0) is 22.0. The minimum atomic E-state index is 0.446. The van der Waals surface area contributed by atoms with Crippen molar-refractivity contribution in [1.82, 2.24) is 20.2 Å². The Balaban J connectivity index is 0.000000221. The third-order valence-electron chi connectivity index (χ3n) is 3.34. The molecule has 0 bridgehead atoms. The van der Waals surface area contributed by atoms with E-state index in [-0.39, 0.29) is 0 Å². The molecule has 0 aliphatic heterocycles. The van der Waals surface area contributed by atoms with Crippen molar-refractivity contribution in [3.8, 4) is 0 Å². The molecule has 3 N–H and O–H groups in total. The van der Waals surface area contributed by atoms with E-state index in [2.05, 4.69) is 108 Å². The van der Waals surface area contributed by atoms with Crippen molar-refractivity contribution < 1.29 is 4.84 Å². The van der Waals surface area contributed by atoms with E-state index in [4.69, 9.17) is 5.73 Å². The first-order valence-corrected chi connectivity index (χ1v) is 11.5. The Morgan fingerprint density at radius 1 is 1.14 bits per heavy atom. The molecule has 158 valence electrons. The van der Waals surface area contributed by atoms with Gasteiger partial charge in [0.1, 0.15) is 21.3 Å².